The highest BCUT2D eigenvalue weighted by Gasteiger charge is 2.13. The van der Waals surface area contributed by atoms with Crippen molar-refractivity contribution in [2.45, 2.75) is 0 Å². The zero-order chi connectivity index (χ0) is 18.1. The molecule has 0 radical (unpaired) electrons. The van der Waals surface area contributed by atoms with E-state index in [1.165, 1.54) is 40.9 Å². The van der Waals surface area contributed by atoms with E-state index in [1.54, 1.807) is 29.6 Å². The Morgan fingerprint density at radius 2 is 1.77 bits per heavy atom. The average Bonchev–Trinajstić information content (AvgIpc) is 3.24. The first-order valence-corrected chi connectivity index (χ1v) is 9.62. The van der Waals surface area contributed by atoms with E-state index in [-0.39, 0.29) is 5.82 Å². The summed E-state index contributed by atoms with van der Waals surface area (Å²) in [6.07, 6.45) is 0. The standard InChI is InChI=1S/C18H10ClF2N3S2/c19-10-4-5-13(14(21)6-10)15-8-25-17(23-15)16-9-26-18(24-16)22-12-3-1-2-11(20)7-12/h1-9H,(H,22,24). The van der Waals surface area contributed by atoms with Gasteiger partial charge in [-0.3, -0.25) is 0 Å². The molecule has 2 aromatic heterocycles. The van der Waals surface area contributed by atoms with Gasteiger partial charge in [0.1, 0.15) is 22.3 Å². The lowest BCUT2D eigenvalue weighted by Crippen LogP contribution is -1.90. The van der Waals surface area contributed by atoms with Gasteiger partial charge in [-0.2, -0.15) is 0 Å². The van der Waals surface area contributed by atoms with E-state index in [9.17, 15) is 8.78 Å². The number of anilines is 2. The van der Waals surface area contributed by atoms with Crippen LogP contribution in [-0.2, 0) is 0 Å². The van der Waals surface area contributed by atoms with Gasteiger partial charge < -0.3 is 5.32 Å². The smallest absolute Gasteiger partial charge is 0.187 e. The molecule has 26 heavy (non-hydrogen) atoms. The maximum Gasteiger partial charge on any atom is 0.187 e. The third-order valence-corrected chi connectivity index (χ3v) is 5.37. The van der Waals surface area contributed by atoms with Crippen LogP contribution in [0, 0.1) is 11.6 Å². The van der Waals surface area contributed by atoms with Crippen molar-refractivity contribution >= 4 is 45.1 Å². The minimum Gasteiger partial charge on any atom is -0.331 e. The molecule has 4 aromatic rings. The Balaban J connectivity index is 1.57. The summed E-state index contributed by atoms with van der Waals surface area (Å²) in [7, 11) is 0. The average molecular weight is 406 g/mol. The SMILES string of the molecule is Fc1cccc(Nc2nc(-c3nc(-c4ccc(Cl)cc4F)cs3)cs2)c1. The highest BCUT2D eigenvalue weighted by molar-refractivity contribution is 7.15. The molecule has 0 amide bonds. The molecule has 0 aliphatic heterocycles. The van der Waals surface area contributed by atoms with E-state index in [0.29, 0.717) is 37.8 Å². The highest BCUT2D eigenvalue weighted by Crippen LogP contribution is 2.33. The molecule has 0 aliphatic rings. The predicted octanol–water partition coefficient (Wildman–Crippen LogP) is 6.61. The van der Waals surface area contributed by atoms with Crippen molar-refractivity contribution in [1.82, 2.24) is 9.97 Å². The van der Waals surface area contributed by atoms with Crippen molar-refractivity contribution in [3.63, 3.8) is 0 Å². The minimum absolute atomic E-state index is 0.318. The Labute approximate surface area is 161 Å². The summed E-state index contributed by atoms with van der Waals surface area (Å²) in [5.41, 5.74) is 2.23. The van der Waals surface area contributed by atoms with Crippen molar-refractivity contribution < 1.29 is 8.78 Å². The molecule has 2 aromatic carbocycles. The van der Waals surface area contributed by atoms with Gasteiger partial charge in [0.05, 0.1) is 5.69 Å². The normalized spacial score (nSPS) is 10.9. The lowest BCUT2D eigenvalue weighted by atomic mass is 10.1. The van der Waals surface area contributed by atoms with Gasteiger partial charge >= 0.3 is 0 Å². The van der Waals surface area contributed by atoms with Crippen LogP contribution in [0.5, 0.6) is 0 Å². The maximum atomic E-state index is 14.1. The Morgan fingerprint density at radius 1 is 0.923 bits per heavy atom. The number of aromatic nitrogens is 2. The van der Waals surface area contributed by atoms with Gasteiger partial charge in [0, 0.05) is 27.0 Å². The Morgan fingerprint density at radius 3 is 2.58 bits per heavy atom. The summed E-state index contributed by atoms with van der Waals surface area (Å²) < 4.78 is 27.3. The molecule has 0 fully saturated rings. The Bertz CT molecular complexity index is 1080. The monoisotopic (exact) mass is 405 g/mol. The van der Waals surface area contributed by atoms with Gasteiger partial charge in [0.25, 0.3) is 0 Å². The second-order valence-corrected chi connectivity index (χ2v) is 7.49. The van der Waals surface area contributed by atoms with Crippen LogP contribution in [0.15, 0.2) is 53.2 Å². The van der Waals surface area contributed by atoms with Crippen LogP contribution in [0.2, 0.25) is 5.02 Å². The van der Waals surface area contributed by atoms with E-state index >= 15 is 0 Å². The van der Waals surface area contributed by atoms with E-state index < -0.39 is 5.82 Å². The quantitative estimate of drug-likeness (QED) is 0.415. The molecule has 0 unspecified atom stereocenters. The van der Waals surface area contributed by atoms with Gasteiger partial charge in [-0.25, -0.2) is 18.7 Å². The molecule has 0 bridgehead atoms. The molecule has 4 rings (SSSR count). The summed E-state index contributed by atoms with van der Waals surface area (Å²) >= 11 is 8.55. The largest absolute Gasteiger partial charge is 0.331 e. The lowest BCUT2D eigenvalue weighted by molar-refractivity contribution is 0.628. The number of thiazole rings is 2. The van der Waals surface area contributed by atoms with Crippen molar-refractivity contribution in [3.05, 3.63) is 69.9 Å². The van der Waals surface area contributed by atoms with Crippen LogP contribution in [-0.4, -0.2) is 9.97 Å². The van der Waals surface area contributed by atoms with E-state index in [2.05, 4.69) is 15.3 Å². The van der Waals surface area contributed by atoms with Gasteiger partial charge in [-0.15, -0.1) is 22.7 Å². The van der Waals surface area contributed by atoms with Crippen molar-refractivity contribution in [2.24, 2.45) is 0 Å². The number of rotatable bonds is 4. The summed E-state index contributed by atoms with van der Waals surface area (Å²) in [6, 6.07) is 10.7. The number of benzene rings is 2. The van der Waals surface area contributed by atoms with E-state index in [4.69, 9.17) is 11.6 Å². The van der Waals surface area contributed by atoms with Crippen LogP contribution in [0.1, 0.15) is 0 Å². The molecular formula is C18H10ClF2N3S2. The summed E-state index contributed by atoms with van der Waals surface area (Å²) in [5, 5.41) is 8.33. The van der Waals surface area contributed by atoms with Gasteiger partial charge in [-0.05, 0) is 36.4 Å². The van der Waals surface area contributed by atoms with Gasteiger partial charge in [0.15, 0.2) is 5.13 Å². The molecular weight excluding hydrogens is 396 g/mol. The molecule has 0 aliphatic carbocycles. The summed E-state index contributed by atoms with van der Waals surface area (Å²) in [6.45, 7) is 0. The Kier molecular flexibility index (Phi) is 4.67. The number of halogens is 3. The lowest BCUT2D eigenvalue weighted by Gasteiger charge is -2.01. The third kappa shape index (κ3) is 3.60. The summed E-state index contributed by atoms with van der Waals surface area (Å²) in [4.78, 5) is 8.93. The van der Waals surface area contributed by atoms with Crippen LogP contribution in [0.25, 0.3) is 22.0 Å². The minimum atomic E-state index is -0.416. The topological polar surface area (TPSA) is 37.8 Å². The zero-order valence-electron chi connectivity index (χ0n) is 13.0. The Hall–Kier alpha value is -2.35. The van der Waals surface area contributed by atoms with Gasteiger partial charge in [-0.1, -0.05) is 17.7 Å². The molecule has 0 atom stereocenters. The maximum absolute atomic E-state index is 14.1. The molecule has 0 saturated heterocycles. The fourth-order valence-corrected chi connectivity index (χ4v) is 4.06. The van der Waals surface area contributed by atoms with Crippen LogP contribution < -0.4 is 5.32 Å². The summed E-state index contributed by atoms with van der Waals surface area (Å²) in [5.74, 6) is -0.734. The van der Waals surface area contributed by atoms with E-state index in [1.807, 2.05) is 5.38 Å². The number of nitrogens with one attached hydrogen (secondary N) is 1. The van der Waals surface area contributed by atoms with Crippen LogP contribution in [0.4, 0.5) is 19.6 Å². The second-order valence-electron chi connectivity index (χ2n) is 5.34. The molecule has 2 heterocycles. The van der Waals surface area contributed by atoms with E-state index in [0.717, 1.165) is 0 Å². The zero-order valence-corrected chi connectivity index (χ0v) is 15.4. The number of nitrogens with zero attached hydrogens (tertiary/aromatic N) is 2. The van der Waals surface area contributed by atoms with Crippen molar-refractivity contribution in [2.75, 3.05) is 5.32 Å². The third-order valence-electron chi connectivity index (χ3n) is 3.51. The second kappa shape index (κ2) is 7.11. The van der Waals surface area contributed by atoms with Crippen molar-refractivity contribution in [3.8, 4) is 22.0 Å². The first-order valence-electron chi connectivity index (χ1n) is 7.48. The molecule has 0 spiro atoms. The fraction of sp³-hybridized carbons (Fsp3) is 0. The molecule has 130 valence electrons. The molecule has 3 nitrogen and oxygen atoms in total. The molecule has 0 saturated carbocycles. The number of hydrogen-bond donors (Lipinski definition) is 1. The first-order chi connectivity index (χ1) is 12.6. The molecule has 8 heteroatoms. The predicted molar refractivity (Wildman–Crippen MR) is 103 cm³/mol. The van der Waals surface area contributed by atoms with Crippen molar-refractivity contribution in [1.29, 1.82) is 0 Å². The highest BCUT2D eigenvalue weighted by atomic mass is 35.5. The number of hydrogen-bond acceptors (Lipinski definition) is 5. The van der Waals surface area contributed by atoms with Crippen LogP contribution in [0.3, 0.4) is 0 Å². The fourth-order valence-electron chi connectivity index (χ4n) is 2.33. The van der Waals surface area contributed by atoms with Gasteiger partial charge in [0.2, 0.25) is 0 Å². The van der Waals surface area contributed by atoms with Crippen LogP contribution >= 0.6 is 34.3 Å². The first kappa shape index (κ1) is 17.1. The molecule has 1 N–H and O–H groups in total.